The van der Waals surface area contributed by atoms with Crippen molar-refractivity contribution < 1.29 is 9.90 Å². The first-order valence-corrected chi connectivity index (χ1v) is 3.90. The summed E-state index contributed by atoms with van der Waals surface area (Å²) in [5, 5.41) is 8.61. The largest absolute Gasteiger partial charge is 0.475 e. The fourth-order valence-electron chi connectivity index (χ4n) is 0.826. The molecule has 0 aliphatic rings. The number of aromatic nitrogens is 2. The van der Waals surface area contributed by atoms with Crippen molar-refractivity contribution in [1.82, 2.24) is 9.55 Å². The molecule has 0 fully saturated rings. The monoisotopic (exact) mass is 218 g/mol. The van der Waals surface area contributed by atoms with Crippen LogP contribution in [-0.2, 0) is 6.54 Å². The van der Waals surface area contributed by atoms with E-state index in [-0.39, 0.29) is 5.82 Å². The molecule has 4 nitrogen and oxygen atoms in total. The number of carboxylic acid groups (broad SMARTS) is 1. The summed E-state index contributed by atoms with van der Waals surface area (Å²) in [4.78, 5) is 14.2. The van der Waals surface area contributed by atoms with Crippen LogP contribution in [0.4, 0.5) is 0 Å². The molecule has 1 aromatic rings. The van der Waals surface area contributed by atoms with E-state index < -0.39 is 5.97 Å². The SMILES string of the molecule is CCn1c(Br)cnc1C(=O)O. The first-order valence-electron chi connectivity index (χ1n) is 3.11. The van der Waals surface area contributed by atoms with Gasteiger partial charge in [0, 0.05) is 6.54 Å². The van der Waals surface area contributed by atoms with E-state index in [1.807, 2.05) is 6.92 Å². The molecule has 1 rings (SSSR count). The highest BCUT2D eigenvalue weighted by atomic mass is 79.9. The molecular weight excluding hydrogens is 212 g/mol. The number of carbonyl (C=O) groups is 1. The molecule has 0 radical (unpaired) electrons. The lowest BCUT2D eigenvalue weighted by Gasteiger charge is -2.00. The summed E-state index contributed by atoms with van der Waals surface area (Å²) >= 11 is 3.18. The van der Waals surface area contributed by atoms with Gasteiger partial charge in [-0.25, -0.2) is 9.78 Å². The van der Waals surface area contributed by atoms with Gasteiger partial charge in [-0.3, -0.25) is 0 Å². The van der Waals surface area contributed by atoms with Gasteiger partial charge >= 0.3 is 5.97 Å². The van der Waals surface area contributed by atoms with Crippen molar-refractivity contribution in [3.8, 4) is 0 Å². The zero-order valence-corrected chi connectivity index (χ0v) is 7.50. The van der Waals surface area contributed by atoms with E-state index in [1.54, 1.807) is 4.57 Å². The molecule has 1 N–H and O–H groups in total. The molecule has 0 saturated carbocycles. The Balaban J connectivity index is 3.15. The molecule has 0 atom stereocenters. The summed E-state index contributed by atoms with van der Waals surface area (Å²) in [6.45, 7) is 2.46. The van der Waals surface area contributed by atoms with Gasteiger partial charge in [-0.05, 0) is 22.9 Å². The molecule has 0 saturated heterocycles. The van der Waals surface area contributed by atoms with Crippen LogP contribution >= 0.6 is 15.9 Å². The molecular formula is C6H7BrN2O2. The average Bonchev–Trinajstić information content (AvgIpc) is 2.30. The van der Waals surface area contributed by atoms with E-state index in [0.717, 1.165) is 0 Å². The number of hydrogen-bond acceptors (Lipinski definition) is 2. The van der Waals surface area contributed by atoms with Gasteiger partial charge < -0.3 is 9.67 Å². The fraction of sp³-hybridized carbons (Fsp3) is 0.333. The van der Waals surface area contributed by atoms with Gasteiger partial charge in [0.25, 0.3) is 0 Å². The third-order valence-corrected chi connectivity index (χ3v) is 1.95. The molecule has 0 amide bonds. The third-order valence-electron chi connectivity index (χ3n) is 1.31. The quantitative estimate of drug-likeness (QED) is 0.816. The Kier molecular flexibility index (Phi) is 2.28. The Bertz CT molecular complexity index is 282. The standard InChI is InChI=1S/C6H7BrN2O2/c1-2-9-4(7)3-8-5(9)6(10)11/h3H,2H2,1H3,(H,10,11). The summed E-state index contributed by atoms with van der Waals surface area (Å²) in [6.07, 6.45) is 1.48. The van der Waals surface area contributed by atoms with Crippen LogP contribution in [0.15, 0.2) is 10.8 Å². The number of imidazole rings is 1. The average molecular weight is 219 g/mol. The molecule has 0 aromatic carbocycles. The first kappa shape index (κ1) is 8.26. The Morgan fingerprint density at radius 2 is 2.55 bits per heavy atom. The van der Waals surface area contributed by atoms with Crippen molar-refractivity contribution in [2.75, 3.05) is 0 Å². The molecule has 0 aliphatic carbocycles. The van der Waals surface area contributed by atoms with Gasteiger partial charge in [0.2, 0.25) is 5.82 Å². The van der Waals surface area contributed by atoms with Crippen LogP contribution in [0.2, 0.25) is 0 Å². The van der Waals surface area contributed by atoms with Crippen LogP contribution in [-0.4, -0.2) is 20.6 Å². The summed E-state index contributed by atoms with van der Waals surface area (Å²) in [5.74, 6) is -0.933. The number of aromatic carboxylic acids is 1. The molecule has 1 aromatic heterocycles. The fourth-order valence-corrected chi connectivity index (χ4v) is 1.35. The highest BCUT2D eigenvalue weighted by Crippen LogP contribution is 2.11. The zero-order chi connectivity index (χ0) is 8.43. The number of nitrogens with zero attached hydrogens (tertiary/aromatic N) is 2. The van der Waals surface area contributed by atoms with E-state index >= 15 is 0 Å². The Hall–Kier alpha value is -0.840. The third kappa shape index (κ3) is 1.42. The number of halogens is 1. The first-order chi connectivity index (χ1) is 5.16. The molecule has 0 bridgehead atoms. The molecule has 0 aliphatic heterocycles. The topological polar surface area (TPSA) is 55.1 Å². The highest BCUT2D eigenvalue weighted by Gasteiger charge is 2.12. The summed E-state index contributed by atoms with van der Waals surface area (Å²) in [5.41, 5.74) is 0. The maximum absolute atomic E-state index is 10.5. The summed E-state index contributed by atoms with van der Waals surface area (Å²) < 4.78 is 2.26. The van der Waals surface area contributed by atoms with E-state index in [0.29, 0.717) is 11.1 Å². The highest BCUT2D eigenvalue weighted by molar-refractivity contribution is 9.10. The lowest BCUT2D eigenvalue weighted by atomic mass is 10.6. The molecule has 5 heteroatoms. The Labute approximate surface area is 72.0 Å². The molecule has 1 heterocycles. The van der Waals surface area contributed by atoms with Gasteiger partial charge in [0.15, 0.2) is 0 Å². The van der Waals surface area contributed by atoms with Crippen LogP contribution in [0.25, 0.3) is 0 Å². The van der Waals surface area contributed by atoms with Crippen LogP contribution in [0.5, 0.6) is 0 Å². The lowest BCUT2D eigenvalue weighted by Crippen LogP contribution is -2.08. The molecule has 0 unspecified atom stereocenters. The smallest absolute Gasteiger partial charge is 0.372 e. The number of carboxylic acids is 1. The van der Waals surface area contributed by atoms with Gasteiger partial charge in [-0.1, -0.05) is 0 Å². The van der Waals surface area contributed by atoms with Crippen molar-refractivity contribution in [3.05, 3.63) is 16.6 Å². The number of rotatable bonds is 2. The second kappa shape index (κ2) is 3.04. The molecule has 11 heavy (non-hydrogen) atoms. The molecule has 60 valence electrons. The van der Waals surface area contributed by atoms with Gasteiger partial charge in [-0.15, -0.1) is 0 Å². The second-order valence-corrected chi connectivity index (χ2v) is 2.77. The predicted octanol–water partition coefficient (Wildman–Crippen LogP) is 1.36. The maximum Gasteiger partial charge on any atom is 0.372 e. The van der Waals surface area contributed by atoms with E-state index in [1.165, 1.54) is 6.20 Å². The number of hydrogen-bond donors (Lipinski definition) is 1. The van der Waals surface area contributed by atoms with Crippen LogP contribution in [0, 0.1) is 0 Å². The molecule has 0 spiro atoms. The van der Waals surface area contributed by atoms with Gasteiger partial charge in [0.1, 0.15) is 4.60 Å². The minimum atomic E-state index is -1.00. The van der Waals surface area contributed by atoms with Gasteiger partial charge in [0.05, 0.1) is 6.20 Å². The van der Waals surface area contributed by atoms with Crippen LogP contribution in [0.3, 0.4) is 0 Å². The zero-order valence-electron chi connectivity index (χ0n) is 5.91. The van der Waals surface area contributed by atoms with E-state index in [2.05, 4.69) is 20.9 Å². The second-order valence-electron chi connectivity index (χ2n) is 1.95. The Morgan fingerprint density at radius 1 is 1.91 bits per heavy atom. The Morgan fingerprint density at radius 3 is 2.91 bits per heavy atom. The van der Waals surface area contributed by atoms with Crippen molar-refractivity contribution in [2.24, 2.45) is 0 Å². The predicted molar refractivity (Wildman–Crippen MR) is 42.6 cm³/mol. The maximum atomic E-state index is 10.5. The lowest BCUT2D eigenvalue weighted by molar-refractivity contribution is 0.0678. The summed E-state index contributed by atoms with van der Waals surface area (Å²) in [6, 6.07) is 0. The van der Waals surface area contributed by atoms with Crippen molar-refractivity contribution >= 4 is 21.9 Å². The van der Waals surface area contributed by atoms with Crippen molar-refractivity contribution in [3.63, 3.8) is 0 Å². The van der Waals surface area contributed by atoms with E-state index in [4.69, 9.17) is 5.11 Å². The van der Waals surface area contributed by atoms with Crippen LogP contribution in [0.1, 0.15) is 17.5 Å². The minimum absolute atomic E-state index is 0.0689. The van der Waals surface area contributed by atoms with E-state index in [9.17, 15) is 4.79 Å². The van der Waals surface area contributed by atoms with Crippen molar-refractivity contribution in [2.45, 2.75) is 13.5 Å². The minimum Gasteiger partial charge on any atom is -0.475 e. The normalized spacial score (nSPS) is 10.0. The van der Waals surface area contributed by atoms with Gasteiger partial charge in [-0.2, -0.15) is 0 Å². The van der Waals surface area contributed by atoms with Crippen LogP contribution < -0.4 is 0 Å². The van der Waals surface area contributed by atoms with Crippen molar-refractivity contribution in [1.29, 1.82) is 0 Å². The summed E-state index contributed by atoms with van der Waals surface area (Å²) in [7, 11) is 0.